The Morgan fingerprint density at radius 3 is 2.62 bits per heavy atom. The van der Waals surface area contributed by atoms with Crippen molar-refractivity contribution >= 4 is 17.8 Å². The lowest BCUT2D eigenvalue weighted by Gasteiger charge is -2.41. The molecule has 0 saturated carbocycles. The normalized spacial score (nSPS) is 21.7. The number of fused-ring (bicyclic) bond motifs is 1. The van der Waals surface area contributed by atoms with E-state index in [0.29, 0.717) is 37.9 Å². The lowest BCUT2D eigenvalue weighted by Crippen LogP contribution is -2.45. The van der Waals surface area contributed by atoms with E-state index in [2.05, 4.69) is 16.9 Å². The van der Waals surface area contributed by atoms with Gasteiger partial charge in [-0.15, -0.1) is 0 Å². The lowest BCUT2D eigenvalue weighted by molar-refractivity contribution is -0.149. The number of aromatic nitrogens is 1. The van der Waals surface area contributed by atoms with Crippen molar-refractivity contribution in [3.8, 4) is 5.88 Å². The maximum absolute atomic E-state index is 13.9. The summed E-state index contributed by atoms with van der Waals surface area (Å²) in [7, 11) is 1.47. The zero-order chi connectivity index (χ0) is 28.1. The number of ether oxygens (including phenoxy) is 2. The number of rotatable bonds is 8. The molecule has 206 valence electrons. The van der Waals surface area contributed by atoms with Crippen LogP contribution >= 0.6 is 0 Å². The molecule has 1 N–H and O–H groups in total. The van der Waals surface area contributed by atoms with Crippen LogP contribution in [0.5, 0.6) is 5.88 Å². The highest BCUT2D eigenvalue weighted by Gasteiger charge is 2.50. The fourth-order valence-corrected chi connectivity index (χ4v) is 6.00. The van der Waals surface area contributed by atoms with Crippen molar-refractivity contribution in [2.45, 2.75) is 36.6 Å². The Balaban J connectivity index is 1.38. The number of nitrogens with one attached hydrogen (secondary N) is 1. The monoisotopic (exact) mass is 539 g/mol. The van der Waals surface area contributed by atoms with Crippen molar-refractivity contribution in [3.63, 3.8) is 0 Å². The zero-order valence-electron chi connectivity index (χ0n) is 22.5. The van der Waals surface area contributed by atoms with Crippen molar-refractivity contribution in [2.24, 2.45) is 0 Å². The SMILES string of the molecule is C=CCOC(=O)[C@]1(c2ccccc2)CC[C@@H](C(=O)N2CCC(NC(=O)c3cccnc3OC)C2)c2ccccc21. The van der Waals surface area contributed by atoms with Crippen molar-refractivity contribution in [1.29, 1.82) is 0 Å². The Labute approximate surface area is 234 Å². The summed E-state index contributed by atoms with van der Waals surface area (Å²) >= 11 is 0. The van der Waals surface area contributed by atoms with Crippen molar-refractivity contribution < 1.29 is 23.9 Å². The average Bonchev–Trinajstić information content (AvgIpc) is 3.47. The lowest BCUT2D eigenvalue weighted by atomic mass is 9.63. The predicted molar refractivity (Wildman–Crippen MR) is 150 cm³/mol. The first-order valence-corrected chi connectivity index (χ1v) is 13.5. The van der Waals surface area contributed by atoms with Crippen molar-refractivity contribution in [3.05, 3.63) is 108 Å². The minimum Gasteiger partial charge on any atom is -0.480 e. The highest BCUT2D eigenvalue weighted by atomic mass is 16.5. The van der Waals surface area contributed by atoms with Crippen molar-refractivity contribution in [1.82, 2.24) is 15.2 Å². The number of hydrogen-bond donors (Lipinski definition) is 1. The van der Waals surface area contributed by atoms with Crippen LogP contribution in [0.15, 0.2) is 85.6 Å². The van der Waals surface area contributed by atoms with Gasteiger partial charge in [0, 0.05) is 25.3 Å². The van der Waals surface area contributed by atoms with Gasteiger partial charge in [0.05, 0.1) is 13.0 Å². The molecule has 2 heterocycles. The molecule has 3 aromatic rings. The number of nitrogens with zero attached hydrogens (tertiary/aromatic N) is 2. The van der Waals surface area contributed by atoms with Gasteiger partial charge in [0.25, 0.3) is 5.91 Å². The maximum Gasteiger partial charge on any atom is 0.321 e. The molecule has 1 saturated heterocycles. The largest absolute Gasteiger partial charge is 0.480 e. The van der Waals surface area contributed by atoms with Crippen LogP contribution in [0.2, 0.25) is 0 Å². The molecule has 8 heteroatoms. The van der Waals surface area contributed by atoms with Crippen LogP contribution in [-0.4, -0.2) is 60.5 Å². The molecule has 2 amide bonds. The second-order valence-corrected chi connectivity index (χ2v) is 10.1. The second-order valence-electron chi connectivity index (χ2n) is 10.1. The predicted octanol–water partition coefficient (Wildman–Crippen LogP) is 4.01. The van der Waals surface area contributed by atoms with Gasteiger partial charge in [0.15, 0.2) is 0 Å². The zero-order valence-corrected chi connectivity index (χ0v) is 22.5. The van der Waals surface area contributed by atoms with Gasteiger partial charge >= 0.3 is 5.97 Å². The summed E-state index contributed by atoms with van der Waals surface area (Å²) in [4.78, 5) is 46.4. The molecule has 40 heavy (non-hydrogen) atoms. The van der Waals surface area contributed by atoms with Crippen LogP contribution in [0.1, 0.15) is 52.2 Å². The Kier molecular flexibility index (Phi) is 7.96. The van der Waals surface area contributed by atoms with E-state index in [1.54, 1.807) is 24.4 Å². The molecule has 0 bridgehead atoms. The third-order valence-electron chi connectivity index (χ3n) is 7.89. The molecular weight excluding hydrogens is 506 g/mol. The van der Waals surface area contributed by atoms with Crippen LogP contribution in [0.3, 0.4) is 0 Å². The van der Waals surface area contributed by atoms with Crippen LogP contribution in [0.25, 0.3) is 0 Å². The first-order valence-electron chi connectivity index (χ1n) is 13.5. The number of likely N-dealkylation sites (tertiary alicyclic amines) is 1. The summed E-state index contributed by atoms with van der Waals surface area (Å²) in [6, 6.07) is 20.5. The summed E-state index contributed by atoms with van der Waals surface area (Å²) in [6.45, 7) is 4.75. The maximum atomic E-state index is 13.9. The molecule has 1 unspecified atom stereocenters. The Hall–Kier alpha value is -4.46. The number of methoxy groups -OCH3 is 1. The van der Waals surface area contributed by atoms with E-state index < -0.39 is 11.3 Å². The number of amides is 2. The standard InChI is InChI=1S/C32H33N3O5/c1-3-20-40-31(38)32(22-10-5-4-6-11-22)17-15-25(24-12-7-8-14-27(24)32)30(37)35-19-16-23(21-35)34-28(36)26-13-9-18-33-29(26)39-2/h3-14,18,23,25H,1,15-17,19-21H2,2H3,(H,34,36)/t23?,25-,32+/m1/s1. The van der Waals surface area contributed by atoms with Gasteiger partial charge in [-0.05, 0) is 48.1 Å². The Morgan fingerprint density at radius 2 is 1.85 bits per heavy atom. The molecule has 1 fully saturated rings. The summed E-state index contributed by atoms with van der Waals surface area (Å²) < 4.78 is 10.9. The van der Waals surface area contributed by atoms with Gasteiger partial charge in [-0.25, -0.2) is 4.98 Å². The molecule has 1 aliphatic heterocycles. The molecule has 1 aromatic heterocycles. The summed E-state index contributed by atoms with van der Waals surface area (Å²) in [5, 5.41) is 3.02. The van der Waals surface area contributed by atoms with Gasteiger partial charge in [-0.1, -0.05) is 67.3 Å². The Morgan fingerprint density at radius 1 is 1.07 bits per heavy atom. The number of hydrogen-bond acceptors (Lipinski definition) is 6. The van der Waals surface area contributed by atoms with E-state index in [0.717, 1.165) is 16.7 Å². The van der Waals surface area contributed by atoms with E-state index in [4.69, 9.17) is 9.47 Å². The number of pyridine rings is 1. The molecule has 5 rings (SSSR count). The van der Waals surface area contributed by atoms with Gasteiger partial charge in [-0.2, -0.15) is 0 Å². The quantitative estimate of drug-likeness (QED) is 0.343. The highest BCUT2D eigenvalue weighted by molar-refractivity contribution is 5.96. The van der Waals surface area contributed by atoms with Crippen LogP contribution in [0, 0.1) is 0 Å². The molecule has 1 aliphatic carbocycles. The van der Waals surface area contributed by atoms with E-state index in [9.17, 15) is 14.4 Å². The minimum atomic E-state index is -1.01. The van der Waals surface area contributed by atoms with Gasteiger partial charge in [0.2, 0.25) is 11.8 Å². The third kappa shape index (κ3) is 4.97. The van der Waals surface area contributed by atoms with Gasteiger partial charge in [0.1, 0.15) is 17.6 Å². The van der Waals surface area contributed by atoms with Crippen LogP contribution < -0.4 is 10.1 Å². The van der Waals surface area contributed by atoms with E-state index in [1.165, 1.54) is 7.11 Å². The van der Waals surface area contributed by atoms with Crippen LogP contribution in [-0.2, 0) is 19.7 Å². The smallest absolute Gasteiger partial charge is 0.321 e. The van der Waals surface area contributed by atoms with E-state index in [1.807, 2.05) is 59.5 Å². The Bertz CT molecular complexity index is 1410. The van der Waals surface area contributed by atoms with Crippen molar-refractivity contribution in [2.75, 3.05) is 26.8 Å². The molecule has 3 atom stereocenters. The number of carbonyl (C=O) groups excluding carboxylic acids is 3. The summed E-state index contributed by atoms with van der Waals surface area (Å²) in [5.41, 5.74) is 1.83. The second kappa shape index (κ2) is 11.7. The highest BCUT2D eigenvalue weighted by Crippen LogP contribution is 2.48. The average molecular weight is 540 g/mol. The topological polar surface area (TPSA) is 97.8 Å². The van der Waals surface area contributed by atoms with E-state index in [-0.39, 0.29) is 36.3 Å². The van der Waals surface area contributed by atoms with E-state index >= 15 is 0 Å². The molecule has 2 aromatic carbocycles. The first-order chi connectivity index (χ1) is 19.5. The van der Waals surface area contributed by atoms with Crippen LogP contribution in [0.4, 0.5) is 0 Å². The molecule has 8 nitrogen and oxygen atoms in total. The summed E-state index contributed by atoms with van der Waals surface area (Å²) in [5.74, 6) is -0.750. The molecule has 2 aliphatic rings. The molecular formula is C32H33N3O5. The minimum absolute atomic E-state index is 0.00396. The van der Waals surface area contributed by atoms with Gasteiger partial charge in [-0.3, -0.25) is 14.4 Å². The fraction of sp³-hybridized carbons (Fsp3) is 0.312. The fourth-order valence-electron chi connectivity index (χ4n) is 6.00. The number of benzene rings is 2. The number of esters is 1. The first kappa shape index (κ1) is 27.1. The molecule has 0 radical (unpaired) electrons. The molecule has 0 spiro atoms. The third-order valence-corrected chi connectivity index (χ3v) is 7.89. The summed E-state index contributed by atoms with van der Waals surface area (Å²) in [6.07, 6.45) is 4.71. The van der Waals surface area contributed by atoms with Gasteiger partial charge < -0.3 is 19.7 Å². The number of carbonyl (C=O) groups is 3.